The molecule has 1 aromatic heterocycles. The number of anilines is 1. The van der Waals surface area contributed by atoms with Gasteiger partial charge in [0.2, 0.25) is 5.91 Å². The first-order valence-electron chi connectivity index (χ1n) is 11.1. The van der Waals surface area contributed by atoms with Crippen LogP contribution in [0.1, 0.15) is 17.3 Å². The molecule has 1 fully saturated rings. The maximum atomic E-state index is 13.1. The van der Waals surface area contributed by atoms with E-state index in [4.69, 9.17) is 16.3 Å². The summed E-state index contributed by atoms with van der Waals surface area (Å²) in [5, 5.41) is 3.65. The van der Waals surface area contributed by atoms with E-state index in [1.54, 1.807) is 25.3 Å². The Labute approximate surface area is 209 Å². The van der Waals surface area contributed by atoms with Crippen LogP contribution in [0.2, 0.25) is 5.15 Å². The predicted octanol–water partition coefficient (Wildman–Crippen LogP) is 2.26. The highest BCUT2D eigenvalue weighted by Crippen LogP contribution is 2.25. The van der Waals surface area contributed by atoms with Crippen molar-refractivity contribution in [3.8, 4) is 5.75 Å². The van der Waals surface area contributed by atoms with E-state index in [2.05, 4.69) is 20.2 Å². The molecule has 0 aliphatic carbocycles. The second-order valence-electron chi connectivity index (χ2n) is 8.30. The largest absolute Gasteiger partial charge is 0.497 e. The molecule has 0 spiro atoms. The summed E-state index contributed by atoms with van der Waals surface area (Å²) in [6, 6.07) is 8.88. The van der Waals surface area contributed by atoms with Crippen LogP contribution in [0.5, 0.6) is 5.75 Å². The summed E-state index contributed by atoms with van der Waals surface area (Å²) in [4.78, 5) is 39.9. The van der Waals surface area contributed by atoms with Gasteiger partial charge in [-0.2, -0.15) is 0 Å². The van der Waals surface area contributed by atoms with Crippen LogP contribution in [0.15, 0.2) is 35.5 Å². The zero-order chi connectivity index (χ0) is 24.7. The van der Waals surface area contributed by atoms with E-state index in [9.17, 15) is 9.59 Å². The second-order valence-corrected chi connectivity index (χ2v) is 9.63. The summed E-state index contributed by atoms with van der Waals surface area (Å²) in [6.45, 7) is 5.15. The Hall–Kier alpha value is -2.56. The normalized spacial score (nSPS) is 16.0. The smallest absolute Gasteiger partial charge is 0.254 e. The first kappa shape index (κ1) is 26.1. The molecule has 0 radical (unpaired) electrons. The van der Waals surface area contributed by atoms with Crippen LogP contribution < -0.4 is 15.0 Å². The van der Waals surface area contributed by atoms with E-state index in [-0.39, 0.29) is 23.6 Å². The Morgan fingerprint density at radius 3 is 2.76 bits per heavy atom. The van der Waals surface area contributed by atoms with Crippen LogP contribution in [-0.4, -0.2) is 97.3 Å². The second kappa shape index (κ2) is 12.2. The van der Waals surface area contributed by atoms with E-state index in [0.717, 1.165) is 6.54 Å². The number of likely N-dealkylation sites (N-methyl/N-ethyl adjacent to an activating group) is 1. The number of benzene rings is 1. The molecule has 1 unspecified atom stereocenters. The minimum Gasteiger partial charge on any atom is -0.497 e. The van der Waals surface area contributed by atoms with E-state index in [1.807, 2.05) is 43.0 Å². The number of hydrogen-bond acceptors (Lipinski definition) is 8. The lowest BCUT2D eigenvalue weighted by Gasteiger charge is -2.40. The van der Waals surface area contributed by atoms with Crippen molar-refractivity contribution in [1.82, 2.24) is 25.1 Å². The number of hydrogen-bond donors (Lipinski definition) is 1. The summed E-state index contributed by atoms with van der Waals surface area (Å²) in [5.41, 5.74) is 0.604. The van der Waals surface area contributed by atoms with Gasteiger partial charge in [0.15, 0.2) is 5.16 Å². The molecule has 11 heteroatoms. The minimum atomic E-state index is -0.0738. The van der Waals surface area contributed by atoms with Crippen LogP contribution in [-0.2, 0) is 4.79 Å². The SMILES string of the molecule is COc1cccc(C(=O)N2CCN(c3cc(Cl)nc(SCC(=O)NCCN(C)C)n3)CC2C)c1. The van der Waals surface area contributed by atoms with Gasteiger partial charge in [-0.05, 0) is 39.2 Å². The number of nitrogens with zero attached hydrogens (tertiary/aromatic N) is 5. The lowest BCUT2D eigenvalue weighted by molar-refractivity contribution is -0.118. The van der Waals surface area contributed by atoms with Crippen molar-refractivity contribution in [3.05, 3.63) is 41.0 Å². The summed E-state index contributed by atoms with van der Waals surface area (Å²) in [7, 11) is 5.50. The lowest BCUT2D eigenvalue weighted by Crippen LogP contribution is -2.54. The molecule has 1 aromatic carbocycles. The van der Waals surface area contributed by atoms with Gasteiger partial charge in [0.1, 0.15) is 16.7 Å². The number of amides is 2. The average molecular weight is 507 g/mol. The summed E-state index contributed by atoms with van der Waals surface area (Å²) in [5.74, 6) is 1.46. The van der Waals surface area contributed by atoms with Gasteiger partial charge in [-0.3, -0.25) is 9.59 Å². The topological polar surface area (TPSA) is 90.9 Å². The van der Waals surface area contributed by atoms with Crippen molar-refractivity contribution in [2.45, 2.75) is 18.1 Å². The highest BCUT2D eigenvalue weighted by Gasteiger charge is 2.29. The molecule has 9 nitrogen and oxygen atoms in total. The maximum absolute atomic E-state index is 13.1. The van der Waals surface area contributed by atoms with Crippen LogP contribution in [0.3, 0.4) is 0 Å². The quantitative estimate of drug-likeness (QED) is 0.314. The fourth-order valence-corrected chi connectivity index (χ4v) is 4.51. The molecule has 1 aliphatic rings. The van der Waals surface area contributed by atoms with Gasteiger partial charge in [0.05, 0.1) is 12.9 Å². The van der Waals surface area contributed by atoms with Crippen molar-refractivity contribution < 1.29 is 14.3 Å². The average Bonchev–Trinajstić information content (AvgIpc) is 2.81. The third kappa shape index (κ3) is 7.22. The zero-order valence-electron chi connectivity index (χ0n) is 20.0. The molecule has 2 amide bonds. The van der Waals surface area contributed by atoms with Gasteiger partial charge in [-0.15, -0.1) is 0 Å². The van der Waals surface area contributed by atoms with Crippen molar-refractivity contribution >= 4 is 41.0 Å². The molecule has 34 heavy (non-hydrogen) atoms. The van der Waals surface area contributed by atoms with Gasteiger partial charge in [-0.1, -0.05) is 29.4 Å². The molecule has 1 aliphatic heterocycles. The van der Waals surface area contributed by atoms with Gasteiger partial charge in [0, 0.05) is 50.4 Å². The number of nitrogens with one attached hydrogen (secondary N) is 1. The first-order chi connectivity index (χ1) is 16.3. The van der Waals surface area contributed by atoms with E-state index in [0.29, 0.717) is 53.6 Å². The Balaban J connectivity index is 1.60. The van der Waals surface area contributed by atoms with Crippen molar-refractivity contribution in [2.24, 2.45) is 0 Å². The van der Waals surface area contributed by atoms with Crippen molar-refractivity contribution in [2.75, 3.05) is 64.6 Å². The molecule has 184 valence electrons. The van der Waals surface area contributed by atoms with Gasteiger partial charge >= 0.3 is 0 Å². The standard InChI is InChI=1S/C23H31ClN6O3S/c1-16-14-29(10-11-30(16)22(32)17-6-5-7-18(12-17)33-4)20-13-19(24)26-23(27-20)34-15-21(31)25-8-9-28(2)3/h5-7,12-13,16H,8-11,14-15H2,1-4H3,(H,25,31). The van der Waals surface area contributed by atoms with Gasteiger partial charge in [0.25, 0.3) is 5.91 Å². The number of ether oxygens (including phenoxy) is 1. The number of methoxy groups -OCH3 is 1. The molecular weight excluding hydrogens is 476 g/mol. The lowest BCUT2D eigenvalue weighted by atomic mass is 10.1. The van der Waals surface area contributed by atoms with E-state index < -0.39 is 0 Å². The van der Waals surface area contributed by atoms with E-state index >= 15 is 0 Å². The summed E-state index contributed by atoms with van der Waals surface area (Å²) < 4.78 is 5.25. The maximum Gasteiger partial charge on any atom is 0.254 e. The minimum absolute atomic E-state index is 0.0247. The van der Waals surface area contributed by atoms with Gasteiger partial charge < -0.3 is 24.8 Å². The Morgan fingerprint density at radius 1 is 1.26 bits per heavy atom. The number of piperazine rings is 1. The molecular formula is C23H31ClN6O3S. The van der Waals surface area contributed by atoms with E-state index in [1.165, 1.54) is 11.8 Å². The van der Waals surface area contributed by atoms with Crippen LogP contribution in [0.25, 0.3) is 0 Å². The van der Waals surface area contributed by atoms with Crippen LogP contribution >= 0.6 is 23.4 Å². The van der Waals surface area contributed by atoms with Crippen molar-refractivity contribution in [1.29, 1.82) is 0 Å². The Morgan fingerprint density at radius 2 is 2.06 bits per heavy atom. The number of carbonyl (C=O) groups is 2. The molecule has 1 atom stereocenters. The number of thioether (sulfide) groups is 1. The highest BCUT2D eigenvalue weighted by molar-refractivity contribution is 7.99. The van der Waals surface area contributed by atoms with Gasteiger partial charge in [-0.25, -0.2) is 9.97 Å². The van der Waals surface area contributed by atoms with Crippen LogP contribution in [0, 0.1) is 0 Å². The van der Waals surface area contributed by atoms with Crippen LogP contribution in [0.4, 0.5) is 5.82 Å². The monoisotopic (exact) mass is 506 g/mol. The third-order valence-electron chi connectivity index (χ3n) is 5.40. The fraction of sp³-hybridized carbons (Fsp3) is 0.478. The third-order valence-corrected chi connectivity index (χ3v) is 6.44. The molecule has 3 rings (SSSR count). The zero-order valence-corrected chi connectivity index (χ0v) is 21.5. The first-order valence-corrected chi connectivity index (χ1v) is 12.4. The Kier molecular flexibility index (Phi) is 9.37. The molecule has 2 aromatic rings. The fourth-order valence-electron chi connectivity index (χ4n) is 3.60. The number of rotatable bonds is 9. The number of aromatic nitrogens is 2. The summed E-state index contributed by atoms with van der Waals surface area (Å²) in [6.07, 6.45) is 0. The predicted molar refractivity (Wildman–Crippen MR) is 135 cm³/mol. The number of carbonyl (C=O) groups excluding carboxylic acids is 2. The summed E-state index contributed by atoms with van der Waals surface area (Å²) >= 11 is 7.50. The number of halogens is 1. The molecule has 1 saturated heterocycles. The van der Waals surface area contributed by atoms with Crippen molar-refractivity contribution in [3.63, 3.8) is 0 Å². The molecule has 0 saturated carbocycles. The molecule has 2 heterocycles. The molecule has 1 N–H and O–H groups in total. The highest BCUT2D eigenvalue weighted by atomic mass is 35.5. The molecule has 0 bridgehead atoms. The Bertz CT molecular complexity index is 1010.